The second-order valence-corrected chi connectivity index (χ2v) is 3.54. The summed E-state index contributed by atoms with van der Waals surface area (Å²) in [5, 5.41) is 13.0. The minimum Gasteiger partial charge on any atom is -0.496 e. The topological polar surface area (TPSA) is 50.7 Å². The van der Waals surface area contributed by atoms with Crippen LogP contribution in [0.15, 0.2) is 18.2 Å². The predicted octanol–water partition coefficient (Wildman–Crippen LogP) is 1.09. The Kier molecular flexibility index (Phi) is 5.25. The van der Waals surface area contributed by atoms with Gasteiger partial charge in [0.25, 0.3) is 0 Å². The van der Waals surface area contributed by atoms with Crippen molar-refractivity contribution < 1.29 is 14.6 Å². The first-order valence-corrected chi connectivity index (χ1v) is 5.22. The lowest BCUT2D eigenvalue weighted by Gasteiger charge is -2.18. The molecule has 1 atom stereocenters. The Labute approximate surface area is 96.2 Å². The minimum atomic E-state index is -0.591. The molecule has 0 aliphatic rings. The molecule has 0 saturated carbocycles. The molecule has 0 aromatic heterocycles. The maximum atomic E-state index is 10.0. The zero-order valence-corrected chi connectivity index (χ0v) is 9.99. The number of methoxy groups -OCH3 is 2. The second kappa shape index (κ2) is 6.48. The molecule has 4 heteroatoms. The molecule has 4 nitrogen and oxygen atoms in total. The van der Waals surface area contributed by atoms with Crippen LogP contribution in [-0.4, -0.2) is 32.9 Å². The molecule has 0 heterocycles. The standard InChI is InChI=1S/C12H19NO3/c1-13-7-10(14)12-9(8-15-2)5-4-6-11(12)16-3/h4-6,10,13-14H,7-8H2,1-3H3. The third-order valence-corrected chi connectivity index (χ3v) is 2.41. The lowest BCUT2D eigenvalue weighted by molar-refractivity contribution is 0.158. The first-order valence-electron chi connectivity index (χ1n) is 5.22. The SMILES string of the molecule is CNCC(O)c1c(COC)cccc1OC. The molecule has 90 valence electrons. The van der Waals surface area contributed by atoms with Crippen molar-refractivity contribution in [3.8, 4) is 5.75 Å². The van der Waals surface area contributed by atoms with Crippen LogP contribution in [0.1, 0.15) is 17.2 Å². The molecule has 0 radical (unpaired) electrons. The smallest absolute Gasteiger partial charge is 0.125 e. The van der Waals surface area contributed by atoms with E-state index in [0.717, 1.165) is 11.1 Å². The van der Waals surface area contributed by atoms with Gasteiger partial charge in [0.05, 0.1) is 19.8 Å². The Morgan fingerprint density at radius 2 is 2.12 bits per heavy atom. The number of hydrogen-bond acceptors (Lipinski definition) is 4. The van der Waals surface area contributed by atoms with Crippen molar-refractivity contribution in [3.63, 3.8) is 0 Å². The number of rotatable bonds is 6. The third kappa shape index (κ3) is 2.95. The van der Waals surface area contributed by atoms with Gasteiger partial charge in [-0.1, -0.05) is 12.1 Å². The Hall–Kier alpha value is -1.10. The number of ether oxygens (including phenoxy) is 2. The van der Waals surface area contributed by atoms with Crippen molar-refractivity contribution >= 4 is 0 Å². The van der Waals surface area contributed by atoms with Gasteiger partial charge in [-0.25, -0.2) is 0 Å². The van der Waals surface area contributed by atoms with Crippen molar-refractivity contribution in [1.82, 2.24) is 5.32 Å². The quantitative estimate of drug-likeness (QED) is 0.761. The Bertz CT molecular complexity index is 328. The van der Waals surface area contributed by atoms with Gasteiger partial charge in [-0.15, -0.1) is 0 Å². The van der Waals surface area contributed by atoms with Crippen LogP contribution in [0.25, 0.3) is 0 Å². The van der Waals surface area contributed by atoms with E-state index in [1.807, 2.05) is 18.2 Å². The lowest BCUT2D eigenvalue weighted by Crippen LogP contribution is -2.18. The van der Waals surface area contributed by atoms with E-state index in [4.69, 9.17) is 9.47 Å². The van der Waals surface area contributed by atoms with E-state index in [2.05, 4.69) is 5.32 Å². The molecular formula is C12H19NO3. The molecule has 1 aromatic rings. The van der Waals surface area contributed by atoms with Crippen LogP contribution in [0, 0.1) is 0 Å². The van der Waals surface area contributed by atoms with Crippen LogP contribution < -0.4 is 10.1 Å². The predicted molar refractivity (Wildman–Crippen MR) is 62.6 cm³/mol. The Morgan fingerprint density at radius 1 is 1.38 bits per heavy atom. The Balaban J connectivity index is 3.08. The molecule has 1 rings (SSSR count). The molecule has 0 amide bonds. The van der Waals surface area contributed by atoms with Crippen LogP contribution >= 0.6 is 0 Å². The van der Waals surface area contributed by atoms with Crippen LogP contribution in [0.3, 0.4) is 0 Å². The molecule has 1 unspecified atom stereocenters. The van der Waals surface area contributed by atoms with Crippen LogP contribution in [0.4, 0.5) is 0 Å². The van der Waals surface area contributed by atoms with Gasteiger partial charge < -0.3 is 19.9 Å². The average molecular weight is 225 g/mol. The van der Waals surface area contributed by atoms with Crippen LogP contribution in [0.5, 0.6) is 5.75 Å². The summed E-state index contributed by atoms with van der Waals surface area (Å²) in [6, 6.07) is 5.66. The zero-order chi connectivity index (χ0) is 12.0. The molecule has 0 spiro atoms. The van der Waals surface area contributed by atoms with Gasteiger partial charge in [0.1, 0.15) is 5.75 Å². The molecule has 0 bridgehead atoms. The number of aliphatic hydroxyl groups excluding tert-OH is 1. The molecule has 0 aliphatic heterocycles. The van der Waals surface area contributed by atoms with Crippen molar-refractivity contribution in [2.75, 3.05) is 27.8 Å². The van der Waals surface area contributed by atoms with Gasteiger partial charge in [0.15, 0.2) is 0 Å². The van der Waals surface area contributed by atoms with E-state index in [1.54, 1.807) is 21.3 Å². The maximum absolute atomic E-state index is 10.0. The fourth-order valence-electron chi connectivity index (χ4n) is 1.72. The van der Waals surface area contributed by atoms with Crippen LogP contribution in [-0.2, 0) is 11.3 Å². The summed E-state index contributed by atoms with van der Waals surface area (Å²) >= 11 is 0. The number of benzene rings is 1. The van der Waals surface area contributed by atoms with Crippen molar-refractivity contribution in [2.45, 2.75) is 12.7 Å². The van der Waals surface area contributed by atoms with Gasteiger partial charge in [0.2, 0.25) is 0 Å². The minimum absolute atomic E-state index is 0.466. The summed E-state index contributed by atoms with van der Waals surface area (Å²) in [6.07, 6.45) is -0.591. The van der Waals surface area contributed by atoms with Crippen molar-refractivity contribution in [2.24, 2.45) is 0 Å². The fourth-order valence-corrected chi connectivity index (χ4v) is 1.72. The first-order chi connectivity index (χ1) is 7.74. The van der Waals surface area contributed by atoms with Crippen molar-refractivity contribution in [1.29, 1.82) is 0 Å². The molecule has 1 aromatic carbocycles. The highest BCUT2D eigenvalue weighted by molar-refractivity contribution is 5.41. The highest BCUT2D eigenvalue weighted by atomic mass is 16.5. The number of nitrogens with one attached hydrogen (secondary N) is 1. The number of aliphatic hydroxyl groups is 1. The van der Waals surface area contributed by atoms with Gasteiger partial charge in [0, 0.05) is 19.2 Å². The van der Waals surface area contributed by atoms with E-state index >= 15 is 0 Å². The summed E-state index contributed by atoms with van der Waals surface area (Å²) in [5.74, 6) is 0.692. The third-order valence-electron chi connectivity index (χ3n) is 2.41. The highest BCUT2D eigenvalue weighted by Crippen LogP contribution is 2.28. The lowest BCUT2D eigenvalue weighted by atomic mass is 10.0. The molecule has 0 aliphatic carbocycles. The van der Waals surface area contributed by atoms with E-state index in [0.29, 0.717) is 18.9 Å². The summed E-state index contributed by atoms with van der Waals surface area (Å²) < 4.78 is 10.4. The molecule has 2 N–H and O–H groups in total. The largest absolute Gasteiger partial charge is 0.496 e. The summed E-state index contributed by atoms with van der Waals surface area (Å²) in [5.41, 5.74) is 1.74. The van der Waals surface area contributed by atoms with E-state index in [1.165, 1.54) is 0 Å². The fraction of sp³-hybridized carbons (Fsp3) is 0.500. The van der Waals surface area contributed by atoms with Crippen LogP contribution in [0.2, 0.25) is 0 Å². The monoisotopic (exact) mass is 225 g/mol. The molecule has 0 saturated heterocycles. The zero-order valence-electron chi connectivity index (χ0n) is 9.99. The summed E-state index contributed by atoms with van der Waals surface area (Å²) in [7, 11) is 5.03. The average Bonchev–Trinajstić information content (AvgIpc) is 2.29. The van der Waals surface area contributed by atoms with E-state index in [-0.39, 0.29) is 0 Å². The highest BCUT2D eigenvalue weighted by Gasteiger charge is 2.16. The van der Waals surface area contributed by atoms with Crippen molar-refractivity contribution in [3.05, 3.63) is 29.3 Å². The van der Waals surface area contributed by atoms with Gasteiger partial charge in [-0.2, -0.15) is 0 Å². The van der Waals surface area contributed by atoms with Gasteiger partial charge in [-0.05, 0) is 18.7 Å². The first kappa shape index (κ1) is 13.0. The normalized spacial score (nSPS) is 12.5. The maximum Gasteiger partial charge on any atom is 0.125 e. The molecular weight excluding hydrogens is 206 g/mol. The van der Waals surface area contributed by atoms with Gasteiger partial charge in [-0.3, -0.25) is 0 Å². The summed E-state index contributed by atoms with van der Waals surface area (Å²) in [6.45, 7) is 0.949. The number of hydrogen-bond donors (Lipinski definition) is 2. The van der Waals surface area contributed by atoms with E-state index < -0.39 is 6.10 Å². The summed E-state index contributed by atoms with van der Waals surface area (Å²) in [4.78, 5) is 0. The molecule has 0 fully saturated rings. The second-order valence-electron chi connectivity index (χ2n) is 3.54. The van der Waals surface area contributed by atoms with E-state index in [9.17, 15) is 5.11 Å². The molecule has 16 heavy (non-hydrogen) atoms. The Morgan fingerprint density at radius 3 is 2.69 bits per heavy atom. The van der Waals surface area contributed by atoms with Gasteiger partial charge >= 0.3 is 0 Å². The number of likely N-dealkylation sites (N-methyl/N-ethyl adjacent to an activating group) is 1.